The van der Waals surface area contributed by atoms with Crippen molar-refractivity contribution in [1.82, 2.24) is 4.57 Å². The van der Waals surface area contributed by atoms with Gasteiger partial charge in [-0.2, -0.15) is 0 Å². The quantitative estimate of drug-likeness (QED) is 0.321. The van der Waals surface area contributed by atoms with E-state index in [9.17, 15) is 9.59 Å². The lowest BCUT2D eigenvalue weighted by Crippen LogP contribution is -2.39. The molecule has 0 aliphatic carbocycles. The van der Waals surface area contributed by atoms with E-state index in [4.69, 9.17) is 9.47 Å². The second-order valence-electron chi connectivity index (χ2n) is 7.98. The molecule has 1 atom stereocenters. The zero-order chi connectivity index (χ0) is 25.1. The third-order valence-electron chi connectivity index (χ3n) is 5.57. The predicted octanol–water partition coefficient (Wildman–Crippen LogP) is 4.43. The van der Waals surface area contributed by atoms with Crippen LogP contribution >= 0.6 is 27.3 Å². The Kier molecular flexibility index (Phi) is 7.52. The first-order valence-corrected chi connectivity index (χ1v) is 12.7. The average molecular weight is 553 g/mol. The highest BCUT2D eigenvalue weighted by atomic mass is 79.9. The maximum atomic E-state index is 13.7. The fourth-order valence-electron chi connectivity index (χ4n) is 3.86. The summed E-state index contributed by atoms with van der Waals surface area (Å²) in [7, 11) is 0. The molecule has 0 radical (unpaired) electrons. The number of thiazole rings is 1. The van der Waals surface area contributed by atoms with Crippen LogP contribution in [0, 0.1) is 6.92 Å². The highest BCUT2D eigenvalue weighted by Gasteiger charge is 2.33. The molecule has 0 saturated heterocycles. The molecule has 0 amide bonds. The number of carbonyl (C=O) groups excluding carboxylic acids is 1. The lowest BCUT2D eigenvalue weighted by Gasteiger charge is -2.24. The molecule has 6 nitrogen and oxygen atoms in total. The maximum absolute atomic E-state index is 13.7. The summed E-state index contributed by atoms with van der Waals surface area (Å²) in [5, 5.41) is 0. The number of hydrogen-bond acceptors (Lipinski definition) is 6. The summed E-state index contributed by atoms with van der Waals surface area (Å²) >= 11 is 4.85. The Bertz CT molecular complexity index is 1500. The Morgan fingerprint density at radius 3 is 2.63 bits per heavy atom. The van der Waals surface area contributed by atoms with Crippen LogP contribution in [0.3, 0.4) is 0 Å². The minimum Gasteiger partial charge on any atom is -0.490 e. The predicted molar refractivity (Wildman–Crippen MR) is 141 cm³/mol. The summed E-state index contributed by atoms with van der Waals surface area (Å²) in [6.07, 6.45) is 3.52. The number of esters is 1. The van der Waals surface area contributed by atoms with Crippen molar-refractivity contribution < 1.29 is 14.3 Å². The van der Waals surface area contributed by atoms with Crippen molar-refractivity contribution in [2.75, 3.05) is 13.2 Å². The Morgan fingerprint density at radius 1 is 1.23 bits per heavy atom. The van der Waals surface area contributed by atoms with E-state index in [2.05, 4.69) is 27.5 Å². The lowest BCUT2D eigenvalue weighted by molar-refractivity contribution is -0.139. The van der Waals surface area contributed by atoms with Crippen LogP contribution in [-0.2, 0) is 9.53 Å². The smallest absolute Gasteiger partial charge is 0.338 e. The number of benzene rings is 2. The molecule has 3 aromatic rings. The topological polar surface area (TPSA) is 69.9 Å². The summed E-state index contributed by atoms with van der Waals surface area (Å²) in [6.45, 7) is 9.81. The van der Waals surface area contributed by atoms with E-state index in [1.54, 1.807) is 24.5 Å². The number of halogens is 1. The highest BCUT2D eigenvalue weighted by Crippen LogP contribution is 2.31. The van der Waals surface area contributed by atoms with Gasteiger partial charge in [-0.3, -0.25) is 9.36 Å². The van der Waals surface area contributed by atoms with Crippen LogP contribution in [0.1, 0.15) is 36.6 Å². The Hall–Kier alpha value is -3.23. The molecule has 0 bridgehead atoms. The second kappa shape index (κ2) is 10.6. The number of rotatable bonds is 7. The van der Waals surface area contributed by atoms with Crippen LogP contribution in [0.5, 0.6) is 5.75 Å². The van der Waals surface area contributed by atoms with Gasteiger partial charge in [-0.1, -0.05) is 64.2 Å². The van der Waals surface area contributed by atoms with E-state index in [1.807, 2.05) is 55.5 Å². The number of nitrogens with zero attached hydrogens (tertiary/aromatic N) is 2. The lowest BCUT2D eigenvalue weighted by atomic mass is 9.96. The molecule has 0 spiro atoms. The Morgan fingerprint density at radius 2 is 1.97 bits per heavy atom. The number of fused-ring (bicyclic) bond motifs is 1. The number of hydrogen-bond donors (Lipinski definition) is 0. The minimum absolute atomic E-state index is 0.211. The molecule has 1 aromatic heterocycles. The number of aromatic nitrogens is 1. The van der Waals surface area contributed by atoms with Crippen molar-refractivity contribution in [1.29, 1.82) is 0 Å². The van der Waals surface area contributed by atoms with Crippen LogP contribution in [-0.4, -0.2) is 23.8 Å². The molecule has 2 heterocycles. The fraction of sp³-hybridized carbons (Fsp3) is 0.222. The Balaban J connectivity index is 1.89. The van der Waals surface area contributed by atoms with E-state index >= 15 is 0 Å². The largest absolute Gasteiger partial charge is 0.490 e. The van der Waals surface area contributed by atoms with Crippen molar-refractivity contribution in [2.45, 2.75) is 26.8 Å². The van der Waals surface area contributed by atoms with Crippen LogP contribution in [0.4, 0.5) is 0 Å². The van der Waals surface area contributed by atoms with E-state index in [-0.39, 0.29) is 12.2 Å². The molecule has 0 fully saturated rings. The van der Waals surface area contributed by atoms with Gasteiger partial charge in [-0.25, -0.2) is 9.79 Å². The first-order valence-electron chi connectivity index (χ1n) is 11.1. The van der Waals surface area contributed by atoms with Crippen LogP contribution in [0.25, 0.3) is 6.08 Å². The van der Waals surface area contributed by atoms with E-state index in [1.165, 1.54) is 11.3 Å². The van der Waals surface area contributed by atoms with Gasteiger partial charge in [0.05, 0.1) is 28.5 Å². The molecule has 1 unspecified atom stereocenters. The molecule has 1 aliphatic heterocycles. The molecule has 0 saturated carbocycles. The molecule has 8 heteroatoms. The van der Waals surface area contributed by atoms with Gasteiger partial charge in [0.15, 0.2) is 4.80 Å². The molecule has 35 heavy (non-hydrogen) atoms. The van der Waals surface area contributed by atoms with Gasteiger partial charge in [-0.15, -0.1) is 0 Å². The van der Waals surface area contributed by atoms with Crippen LogP contribution < -0.4 is 19.6 Å². The summed E-state index contributed by atoms with van der Waals surface area (Å²) < 4.78 is 14.0. The third kappa shape index (κ3) is 5.09. The second-order valence-corrected chi connectivity index (χ2v) is 9.84. The molecular weight excluding hydrogens is 528 g/mol. The summed E-state index contributed by atoms with van der Waals surface area (Å²) in [5.41, 5.74) is 3.44. The normalized spacial score (nSPS) is 15.4. The molecule has 4 rings (SSSR count). The zero-order valence-electron chi connectivity index (χ0n) is 19.7. The van der Waals surface area contributed by atoms with Gasteiger partial charge >= 0.3 is 5.97 Å². The first-order chi connectivity index (χ1) is 16.8. The first kappa shape index (κ1) is 24.9. The summed E-state index contributed by atoms with van der Waals surface area (Å²) in [6, 6.07) is 12.6. The Labute approximate surface area is 215 Å². The van der Waals surface area contributed by atoms with Gasteiger partial charge in [0.1, 0.15) is 12.4 Å². The standard InChI is InChI=1S/C27H25BrN2O4S/c1-5-13-34-20-11-9-19(10-12-20)24-23(26(32)33-6-2)17(4)29-27-30(24)25(31)22(35-27)15-18-8-7-16(3)21(28)14-18/h5,7-12,14-15,24H,1,6,13H2,2-4H3/b22-15-. The third-order valence-corrected chi connectivity index (χ3v) is 7.41. The van der Waals surface area contributed by atoms with Crippen molar-refractivity contribution in [3.8, 4) is 5.75 Å². The van der Waals surface area contributed by atoms with Crippen molar-refractivity contribution in [3.63, 3.8) is 0 Å². The molecule has 0 N–H and O–H groups in total. The van der Waals surface area contributed by atoms with Crippen molar-refractivity contribution in [3.05, 3.63) is 107 Å². The van der Waals surface area contributed by atoms with Crippen LogP contribution in [0.2, 0.25) is 0 Å². The van der Waals surface area contributed by atoms with E-state index in [0.717, 1.165) is 21.2 Å². The SMILES string of the molecule is C=CCOc1ccc(C2C(C(=O)OCC)=C(C)N=c3s/c(=C\c4ccc(C)c(Br)c4)c(=O)n32)cc1. The number of allylic oxidation sites excluding steroid dienone is 1. The summed E-state index contributed by atoms with van der Waals surface area (Å²) in [5.74, 6) is 0.187. The molecule has 180 valence electrons. The number of carbonyl (C=O) groups is 1. The fourth-order valence-corrected chi connectivity index (χ4v) is 5.30. The maximum Gasteiger partial charge on any atom is 0.338 e. The van der Waals surface area contributed by atoms with Crippen LogP contribution in [0.15, 0.2) is 80.6 Å². The van der Waals surface area contributed by atoms with Gasteiger partial charge in [-0.05, 0) is 61.7 Å². The average Bonchev–Trinajstić information content (AvgIpc) is 3.14. The summed E-state index contributed by atoms with van der Waals surface area (Å²) in [4.78, 5) is 31.8. The molecular formula is C27H25BrN2O4S. The van der Waals surface area contributed by atoms with E-state index in [0.29, 0.717) is 33.0 Å². The number of aryl methyl sites for hydroxylation is 1. The molecule has 2 aromatic carbocycles. The van der Waals surface area contributed by atoms with Gasteiger partial charge in [0, 0.05) is 4.47 Å². The van der Waals surface area contributed by atoms with Crippen molar-refractivity contribution in [2.24, 2.45) is 4.99 Å². The van der Waals surface area contributed by atoms with Crippen molar-refractivity contribution >= 4 is 39.3 Å². The van der Waals surface area contributed by atoms with Gasteiger partial charge in [0.2, 0.25) is 0 Å². The minimum atomic E-state index is -0.661. The number of ether oxygens (including phenoxy) is 2. The van der Waals surface area contributed by atoms with Gasteiger partial charge < -0.3 is 9.47 Å². The van der Waals surface area contributed by atoms with Gasteiger partial charge in [0.25, 0.3) is 5.56 Å². The highest BCUT2D eigenvalue weighted by molar-refractivity contribution is 9.10. The molecule has 1 aliphatic rings. The zero-order valence-corrected chi connectivity index (χ0v) is 22.1. The monoisotopic (exact) mass is 552 g/mol. The van der Waals surface area contributed by atoms with E-state index < -0.39 is 12.0 Å².